The Bertz CT molecular complexity index is 339. The molecule has 1 atom stereocenters. The average molecular weight is 254 g/mol. The zero-order chi connectivity index (χ0) is 12.1. The Hall–Kier alpha value is -0.680. The summed E-state index contributed by atoms with van der Waals surface area (Å²) in [5.41, 5.74) is 0. The van der Waals surface area contributed by atoms with Crippen molar-refractivity contribution in [3.63, 3.8) is 0 Å². The van der Waals surface area contributed by atoms with Gasteiger partial charge in [0.2, 0.25) is 5.13 Å². The molecule has 1 aromatic rings. The van der Waals surface area contributed by atoms with Crippen LogP contribution in [0.15, 0.2) is 0 Å². The standard InChI is InChI=1S/C12H22N4S/c1-3-6-13-8-11-5-4-7-16(9-11)12-15-14-10(2)17-12/h11,13H,3-9H2,1-2H3. The lowest BCUT2D eigenvalue weighted by atomic mass is 9.98. The number of nitrogens with one attached hydrogen (secondary N) is 1. The first kappa shape index (κ1) is 12.8. The van der Waals surface area contributed by atoms with Gasteiger partial charge in [-0.2, -0.15) is 0 Å². The molecular formula is C12H22N4S. The molecule has 1 fully saturated rings. The molecule has 1 unspecified atom stereocenters. The maximum atomic E-state index is 4.24. The number of piperidine rings is 1. The zero-order valence-corrected chi connectivity index (χ0v) is 11.6. The first-order chi connectivity index (χ1) is 8.29. The van der Waals surface area contributed by atoms with Crippen molar-refractivity contribution in [1.29, 1.82) is 0 Å². The summed E-state index contributed by atoms with van der Waals surface area (Å²) in [7, 11) is 0. The van der Waals surface area contributed by atoms with Crippen molar-refractivity contribution in [2.75, 3.05) is 31.1 Å². The van der Waals surface area contributed by atoms with Crippen LogP contribution in [0.2, 0.25) is 0 Å². The van der Waals surface area contributed by atoms with Crippen LogP contribution < -0.4 is 10.2 Å². The Morgan fingerprint density at radius 2 is 2.35 bits per heavy atom. The molecule has 1 aliphatic heterocycles. The average Bonchev–Trinajstić information content (AvgIpc) is 2.77. The molecule has 0 spiro atoms. The van der Waals surface area contributed by atoms with Crippen LogP contribution in [0.3, 0.4) is 0 Å². The molecule has 0 saturated carbocycles. The fraction of sp³-hybridized carbons (Fsp3) is 0.833. The Morgan fingerprint density at radius 3 is 3.06 bits per heavy atom. The van der Waals surface area contributed by atoms with E-state index >= 15 is 0 Å². The Morgan fingerprint density at radius 1 is 1.47 bits per heavy atom. The molecule has 0 aliphatic carbocycles. The summed E-state index contributed by atoms with van der Waals surface area (Å²) in [5, 5.41) is 14.0. The minimum Gasteiger partial charge on any atom is -0.346 e. The van der Waals surface area contributed by atoms with Crippen molar-refractivity contribution < 1.29 is 0 Å². The molecule has 1 saturated heterocycles. The van der Waals surface area contributed by atoms with Gasteiger partial charge in [-0.05, 0) is 45.2 Å². The largest absolute Gasteiger partial charge is 0.346 e. The van der Waals surface area contributed by atoms with Crippen LogP contribution in [0.4, 0.5) is 5.13 Å². The summed E-state index contributed by atoms with van der Waals surface area (Å²) >= 11 is 1.71. The van der Waals surface area contributed by atoms with Crippen LogP contribution >= 0.6 is 11.3 Å². The topological polar surface area (TPSA) is 41.0 Å². The van der Waals surface area contributed by atoms with Crippen molar-refractivity contribution >= 4 is 16.5 Å². The smallest absolute Gasteiger partial charge is 0.208 e. The first-order valence-electron chi connectivity index (χ1n) is 6.55. The monoisotopic (exact) mass is 254 g/mol. The number of hydrogen-bond donors (Lipinski definition) is 1. The van der Waals surface area contributed by atoms with Gasteiger partial charge in [0.05, 0.1) is 0 Å². The molecule has 0 amide bonds. The highest BCUT2D eigenvalue weighted by Gasteiger charge is 2.21. The number of hydrogen-bond acceptors (Lipinski definition) is 5. The van der Waals surface area contributed by atoms with E-state index in [0.717, 1.165) is 42.2 Å². The van der Waals surface area contributed by atoms with E-state index in [4.69, 9.17) is 0 Å². The van der Waals surface area contributed by atoms with E-state index in [-0.39, 0.29) is 0 Å². The number of anilines is 1. The quantitative estimate of drug-likeness (QED) is 0.817. The highest BCUT2D eigenvalue weighted by atomic mass is 32.1. The molecule has 1 aliphatic rings. The molecule has 1 aromatic heterocycles. The number of aromatic nitrogens is 2. The highest BCUT2D eigenvalue weighted by Crippen LogP contribution is 2.25. The van der Waals surface area contributed by atoms with Gasteiger partial charge in [0.25, 0.3) is 0 Å². The van der Waals surface area contributed by atoms with E-state index in [1.807, 2.05) is 6.92 Å². The Labute approximate surface area is 107 Å². The van der Waals surface area contributed by atoms with Gasteiger partial charge in [0.1, 0.15) is 5.01 Å². The molecule has 2 heterocycles. The molecule has 0 radical (unpaired) electrons. The number of aryl methyl sites for hydroxylation is 1. The van der Waals surface area contributed by atoms with Gasteiger partial charge in [-0.15, -0.1) is 10.2 Å². The normalized spacial score (nSPS) is 20.8. The molecule has 2 rings (SSSR count). The van der Waals surface area contributed by atoms with Gasteiger partial charge < -0.3 is 10.2 Å². The summed E-state index contributed by atoms with van der Waals surface area (Å²) in [6, 6.07) is 0. The van der Waals surface area contributed by atoms with E-state index in [1.165, 1.54) is 19.3 Å². The summed E-state index contributed by atoms with van der Waals surface area (Å²) in [5.74, 6) is 0.763. The Kier molecular flexibility index (Phi) is 4.74. The summed E-state index contributed by atoms with van der Waals surface area (Å²) in [6.45, 7) is 8.77. The molecule has 0 bridgehead atoms. The van der Waals surface area contributed by atoms with Crippen molar-refractivity contribution in [1.82, 2.24) is 15.5 Å². The number of nitrogens with zero attached hydrogens (tertiary/aromatic N) is 3. The third kappa shape index (κ3) is 3.64. The molecule has 1 N–H and O–H groups in total. The van der Waals surface area contributed by atoms with Gasteiger partial charge in [0.15, 0.2) is 0 Å². The van der Waals surface area contributed by atoms with E-state index < -0.39 is 0 Å². The van der Waals surface area contributed by atoms with Crippen molar-refractivity contribution in [3.8, 4) is 0 Å². The fourth-order valence-electron chi connectivity index (χ4n) is 2.30. The first-order valence-corrected chi connectivity index (χ1v) is 7.37. The molecule has 17 heavy (non-hydrogen) atoms. The SMILES string of the molecule is CCCNCC1CCCN(c2nnc(C)s2)C1. The van der Waals surface area contributed by atoms with Crippen LogP contribution in [0.25, 0.3) is 0 Å². The third-order valence-electron chi connectivity index (χ3n) is 3.16. The van der Waals surface area contributed by atoms with Crippen LogP contribution in [0.1, 0.15) is 31.2 Å². The summed E-state index contributed by atoms with van der Waals surface area (Å²) in [6.07, 6.45) is 3.83. The molecule has 96 valence electrons. The maximum Gasteiger partial charge on any atom is 0.208 e. The van der Waals surface area contributed by atoms with Gasteiger partial charge in [-0.25, -0.2) is 0 Å². The second-order valence-corrected chi connectivity index (χ2v) is 5.92. The molecule has 5 heteroatoms. The van der Waals surface area contributed by atoms with Gasteiger partial charge in [0, 0.05) is 13.1 Å². The van der Waals surface area contributed by atoms with Crippen LogP contribution in [-0.4, -0.2) is 36.4 Å². The summed E-state index contributed by atoms with van der Waals surface area (Å²) < 4.78 is 0. The van der Waals surface area contributed by atoms with Crippen LogP contribution in [0, 0.1) is 12.8 Å². The lowest BCUT2D eigenvalue weighted by molar-refractivity contribution is 0.392. The molecule has 4 nitrogen and oxygen atoms in total. The van der Waals surface area contributed by atoms with Crippen molar-refractivity contribution in [2.45, 2.75) is 33.1 Å². The predicted octanol–water partition coefficient (Wildman–Crippen LogP) is 2.06. The zero-order valence-electron chi connectivity index (χ0n) is 10.8. The van der Waals surface area contributed by atoms with Crippen LogP contribution in [-0.2, 0) is 0 Å². The minimum atomic E-state index is 0.763. The third-order valence-corrected chi connectivity index (χ3v) is 4.06. The maximum absolute atomic E-state index is 4.24. The Balaban J connectivity index is 1.84. The summed E-state index contributed by atoms with van der Waals surface area (Å²) in [4.78, 5) is 2.40. The molecular weight excluding hydrogens is 232 g/mol. The lowest BCUT2D eigenvalue weighted by Crippen LogP contribution is -2.39. The van der Waals surface area contributed by atoms with Gasteiger partial charge in [-0.3, -0.25) is 0 Å². The highest BCUT2D eigenvalue weighted by molar-refractivity contribution is 7.15. The van der Waals surface area contributed by atoms with Crippen molar-refractivity contribution in [2.24, 2.45) is 5.92 Å². The lowest BCUT2D eigenvalue weighted by Gasteiger charge is -2.32. The predicted molar refractivity (Wildman–Crippen MR) is 72.7 cm³/mol. The van der Waals surface area contributed by atoms with Gasteiger partial charge >= 0.3 is 0 Å². The number of rotatable bonds is 5. The van der Waals surface area contributed by atoms with E-state index in [9.17, 15) is 0 Å². The van der Waals surface area contributed by atoms with E-state index in [0.29, 0.717) is 0 Å². The van der Waals surface area contributed by atoms with E-state index in [1.54, 1.807) is 11.3 Å². The van der Waals surface area contributed by atoms with Crippen molar-refractivity contribution in [3.05, 3.63) is 5.01 Å². The second kappa shape index (κ2) is 6.31. The second-order valence-electron chi connectivity index (χ2n) is 4.76. The fourth-order valence-corrected chi connectivity index (χ4v) is 3.02. The van der Waals surface area contributed by atoms with Crippen LogP contribution in [0.5, 0.6) is 0 Å². The minimum absolute atomic E-state index is 0.763. The van der Waals surface area contributed by atoms with E-state index in [2.05, 4.69) is 27.3 Å². The van der Waals surface area contributed by atoms with Gasteiger partial charge in [-0.1, -0.05) is 18.3 Å². The molecule has 0 aromatic carbocycles.